The van der Waals surface area contributed by atoms with Crippen LogP contribution in [0.1, 0.15) is 18.1 Å². The Morgan fingerprint density at radius 1 is 1.47 bits per heavy atom. The van der Waals surface area contributed by atoms with Gasteiger partial charge in [-0.15, -0.1) is 0 Å². The van der Waals surface area contributed by atoms with E-state index in [9.17, 15) is 9.90 Å². The van der Waals surface area contributed by atoms with Crippen LogP contribution in [0.25, 0.3) is 0 Å². The molecule has 0 aromatic heterocycles. The third kappa shape index (κ3) is 1.89. The Hall–Kier alpha value is -1.55. The van der Waals surface area contributed by atoms with Crippen molar-refractivity contribution in [3.63, 3.8) is 0 Å². The second kappa shape index (κ2) is 4.04. The Morgan fingerprint density at radius 2 is 2.18 bits per heavy atom. The van der Waals surface area contributed by atoms with Crippen LogP contribution in [0.5, 0.6) is 5.75 Å². The van der Waals surface area contributed by atoms with E-state index >= 15 is 0 Å². The van der Waals surface area contributed by atoms with Gasteiger partial charge < -0.3 is 9.84 Å². The monoisotopic (exact) mass is 235 g/mol. The van der Waals surface area contributed by atoms with Crippen molar-refractivity contribution in [3.8, 4) is 5.75 Å². The minimum Gasteiger partial charge on any atom is -0.497 e. The summed E-state index contributed by atoms with van der Waals surface area (Å²) < 4.78 is 5.18. The summed E-state index contributed by atoms with van der Waals surface area (Å²) in [6.07, 6.45) is 0.526. The number of fused-ring (bicyclic) bond motifs is 1. The molecule has 1 N–H and O–H groups in total. The molecule has 1 heterocycles. The first-order valence-electron chi connectivity index (χ1n) is 5.58. The summed E-state index contributed by atoms with van der Waals surface area (Å²) in [6.45, 7) is 2.40. The summed E-state index contributed by atoms with van der Waals surface area (Å²) in [5.41, 5.74) is 1.42. The van der Waals surface area contributed by atoms with Crippen molar-refractivity contribution in [3.05, 3.63) is 29.3 Å². The first kappa shape index (κ1) is 11.9. The van der Waals surface area contributed by atoms with Crippen LogP contribution in [0.15, 0.2) is 18.2 Å². The number of hydrogen-bond acceptors (Lipinski definition) is 3. The van der Waals surface area contributed by atoms with Crippen molar-refractivity contribution in [2.45, 2.75) is 25.4 Å². The number of nitrogens with zero attached hydrogens (tertiary/aromatic N) is 1. The van der Waals surface area contributed by atoms with Crippen molar-refractivity contribution >= 4 is 5.97 Å². The van der Waals surface area contributed by atoms with Crippen LogP contribution in [0.4, 0.5) is 0 Å². The van der Waals surface area contributed by atoms with E-state index in [0.717, 1.165) is 16.9 Å². The van der Waals surface area contributed by atoms with Gasteiger partial charge in [-0.05, 0) is 37.2 Å². The molecule has 92 valence electrons. The smallest absolute Gasteiger partial charge is 0.324 e. The lowest BCUT2D eigenvalue weighted by atomic mass is 9.84. The highest BCUT2D eigenvalue weighted by Crippen LogP contribution is 2.31. The highest BCUT2D eigenvalue weighted by molar-refractivity contribution is 5.79. The van der Waals surface area contributed by atoms with Gasteiger partial charge >= 0.3 is 5.97 Å². The molecule has 0 radical (unpaired) electrons. The fourth-order valence-electron chi connectivity index (χ4n) is 2.22. The van der Waals surface area contributed by atoms with Gasteiger partial charge in [-0.2, -0.15) is 0 Å². The van der Waals surface area contributed by atoms with E-state index in [-0.39, 0.29) is 0 Å². The maximum absolute atomic E-state index is 11.4. The lowest BCUT2D eigenvalue weighted by Crippen LogP contribution is -2.54. The van der Waals surface area contributed by atoms with Gasteiger partial charge in [0.2, 0.25) is 0 Å². The zero-order valence-corrected chi connectivity index (χ0v) is 10.4. The molecule has 0 fully saturated rings. The number of carboxylic acids is 1. The largest absolute Gasteiger partial charge is 0.497 e. The van der Waals surface area contributed by atoms with Crippen LogP contribution in [-0.2, 0) is 17.8 Å². The van der Waals surface area contributed by atoms with Gasteiger partial charge in [0.25, 0.3) is 0 Å². The maximum Gasteiger partial charge on any atom is 0.324 e. The lowest BCUT2D eigenvalue weighted by molar-refractivity contribution is -0.150. The number of benzene rings is 1. The van der Waals surface area contributed by atoms with Crippen LogP contribution >= 0.6 is 0 Å². The zero-order chi connectivity index (χ0) is 12.6. The number of rotatable bonds is 2. The molecule has 0 bridgehead atoms. The summed E-state index contributed by atoms with van der Waals surface area (Å²) in [7, 11) is 3.48. The fourth-order valence-corrected chi connectivity index (χ4v) is 2.22. The van der Waals surface area contributed by atoms with E-state index in [4.69, 9.17) is 4.74 Å². The normalized spacial score (nSPS) is 24.2. The number of carbonyl (C=O) groups is 1. The van der Waals surface area contributed by atoms with Gasteiger partial charge in [-0.3, -0.25) is 9.69 Å². The third-order valence-electron chi connectivity index (χ3n) is 3.66. The molecule has 1 atom stereocenters. The molecule has 4 nitrogen and oxygen atoms in total. The van der Waals surface area contributed by atoms with Gasteiger partial charge in [0, 0.05) is 13.0 Å². The minimum absolute atomic E-state index is 0.526. The Balaban J connectivity index is 2.39. The minimum atomic E-state index is -0.818. The topological polar surface area (TPSA) is 49.8 Å². The Kier molecular flexibility index (Phi) is 2.83. The highest BCUT2D eigenvalue weighted by atomic mass is 16.5. The van der Waals surface area contributed by atoms with Gasteiger partial charge in [0.05, 0.1) is 7.11 Å². The Morgan fingerprint density at radius 3 is 2.76 bits per heavy atom. The summed E-state index contributed by atoms with van der Waals surface area (Å²) >= 11 is 0. The number of carboxylic acid groups (broad SMARTS) is 1. The molecule has 4 heteroatoms. The van der Waals surface area contributed by atoms with E-state index in [1.54, 1.807) is 14.0 Å². The van der Waals surface area contributed by atoms with Gasteiger partial charge in [0.15, 0.2) is 0 Å². The molecule has 0 spiro atoms. The molecular formula is C13H17NO3. The fraction of sp³-hybridized carbons (Fsp3) is 0.462. The number of likely N-dealkylation sites (N-methyl/N-ethyl adjacent to an activating group) is 1. The summed E-state index contributed by atoms with van der Waals surface area (Å²) in [5.74, 6) is 0.0394. The Labute approximate surface area is 101 Å². The molecular weight excluding hydrogens is 218 g/mol. The maximum atomic E-state index is 11.4. The van der Waals surface area contributed by atoms with Gasteiger partial charge in [0.1, 0.15) is 11.3 Å². The Bertz CT molecular complexity index is 458. The first-order chi connectivity index (χ1) is 7.97. The van der Waals surface area contributed by atoms with E-state index in [0.29, 0.717) is 13.0 Å². The summed E-state index contributed by atoms with van der Waals surface area (Å²) in [6, 6.07) is 5.82. The molecule has 0 saturated carbocycles. The lowest BCUT2D eigenvalue weighted by Gasteiger charge is -2.40. The molecule has 1 aromatic rings. The van der Waals surface area contributed by atoms with E-state index in [1.807, 2.05) is 30.1 Å². The third-order valence-corrected chi connectivity index (χ3v) is 3.66. The number of aliphatic carboxylic acids is 1. The molecule has 17 heavy (non-hydrogen) atoms. The second-order valence-corrected chi connectivity index (χ2v) is 4.75. The molecule has 0 unspecified atom stereocenters. The molecule has 1 aliphatic rings. The highest BCUT2D eigenvalue weighted by Gasteiger charge is 2.41. The zero-order valence-electron chi connectivity index (χ0n) is 10.4. The van der Waals surface area contributed by atoms with Crippen molar-refractivity contribution in [2.24, 2.45) is 0 Å². The summed E-state index contributed by atoms with van der Waals surface area (Å²) in [5, 5.41) is 9.33. The molecule has 1 aromatic carbocycles. The summed E-state index contributed by atoms with van der Waals surface area (Å²) in [4.78, 5) is 13.2. The van der Waals surface area contributed by atoms with Crippen LogP contribution < -0.4 is 4.74 Å². The standard InChI is InChI=1S/C13H17NO3/c1-13(12(15)16)7-9-4-5-11(17-3)6-10(9)8-14(13)2/h4-6H,7-8H2,1-3H3,(H,15,16)/t13-/m1/s1. The van der Waals surface area contributed by atoms with Crippen LogP contribution in [-0.4, -0.2) is 35.7 Å². The average Bonchev–Trinajstić information content (AvgIpc) is 2.30. The number of hydrogen-bond donors (Lipinski definition) is 1. The number of ether oxygens (including phenoxy) is 1. The van der Waals surface area contributed by atoms with E-state index in [2.05, 4.69) is 0 Å². The van der Waals surface area contributed by atoms with E-state index in [1.165, 1.54) is 0 Å². The van der Waals surface area contributed by atoms with Crippen LogP contribution in [0, 0.1) is 0 Å². The van der Waals surface area contributed by atoms with Crippen molar-refractivity contribution in [2.75, 3.05) is 14.2 Å². The van der Waals surface area contributed by atoms with Crippen molar-refractivity contribution in [1.29, 1.82) is 0 Å². The molecule has 0 saturated heterocycles. The molecule has 0 aliphatic carbocycles. The predicted octanol–water partition coefficient (Wildman–Crippen LogP) is 1.53. The molecule has 0 amide bonds. The van der Waals surface area contributed by atoms with Crippen molar-refractivity contribution < 1.29 is 14.6 Å². The second-order valence-electron chi connectivity index (χ2n) is 4.75. The molecule has 2 rings (SSSR count). The van der Waals surface area contributed by atoms with Crippen LogP contribution in [0.2, 0.25) is 0 Å². The van der Waals surface area contributed by atoms with Crippen LogP contribution in [0.3, 0.4) is 0 Å². The predicted molar refractivity (Wildman–Crippen MR) is 64.2 cm³/mol. The first-order valence-corrected chi connectivity index (χ1v) is 5.58. The van der Waals surface area contributed by atoms with Gasteiger partial charge in [-0.1, -0.05) is 6.07 Å². The average molecular weight is 235 g/mol. The SMILES string of the molecule is COc1ccc2c(c1)CN(C)[C@@](C)(C(=O)O)C2. The van der Waals surface area contributed by atoms with E-state index < -0.39 is 11.5 Å². The molecule has 1 aliphatic heterocycles. The number of methoxy groups -OCH3 is 1. The van der Waals surface area contributed by atoms with Crippen molar-refractivity contribution in [1.82, 2.24) is 4.90 Å². The quantitative estimate of drug-likeness (QED) is 0.844. The van der Waals surface area contributed by atoms with Gasteiger partial charge in [-0.25, -0.2) is 0 Å².